The van der Waals surface area contributed by atoms with Crippen LogP contribution in [0, 0.1) is 11.7 Å². The highest BCUT2D eigenvalue weighted by molar-refractivity contribution is 5.47. The molecule has 2 unspecified atom stereocenters. The van der Waals surface area contributed by atoms with E-state index in [0.717, 1.165) is 24.6 Å². The predicted octanol–water partition coefficient (Wildman–Crippen LogP) is 3.56. The maximum Gasteiger partial charge on any atom is 0.146 e. The van der Waals surface area contributed by atoms with Gasteiger partial charge in [-0.1, -0.05) is 25.0 Å². The lowest BCUT2D eigenvalue weighted by Crippen LogP contribution is -2.46. The van der Waals surface area contributed by atoms with Crippen molar-refractivity contribution in [3.8, 4) is 0 Å². The highest BCUT2D eigenvalue weighted by Crippen LogP contribution is 2.36. The minimum atomic E-state index is -0.283. The first-order valence-electron chi connectivity index (χ1n) is 7.52. The molecule has 2 nitrogen and oxygen atoms in total. The molecule has 3 rings (SSSR count). The number of benzene rings is 1. The van der Waals surface area contributed by atoms with Crippen molar-refractivity contribution in [2.24, 2.45) is 5.92 Å². The first-order chi connectivity index (χ1) is 9.25. The van der Waals surface area contributed by atoms with Gasteiger partial charge in [-0.25, -0.2) is 4.39 Å². The third-order valence-electron chi connectivity index (χ3n) is 4.87. The molecule has 1 aromatic carbocycles. The fraction of sp³-hybridized carbons (Fsp3) is 0.625. The van der Waals surface area contributed by atoms with Crippen molar-refractivity contribution in [2.45, 2.75) is 51.1 Å². The molecule has 1 heterocycles. The molecule has 2 aliphatic rings. The lowest BCUT2D eigenvalue weighted by molar-refractivity contribution is 0.0548. The molecule has 1 aliphatic carbocycles. The number of rotatable bonds is 2. The van der Waals surface area contributed by atoms with E-state index in [-0.39, 0.29) is 5.82 Å². The maximum absolute atomic E-state index is 13.5. The summed E-state index contributed by atoms with van der Waals surface area (Å²) in [5.41, 5.74) is 7.15. The van der Waals surface area contributed by atoms with Gasteiger partial charge in [0.25, 0.3) is 0 Å². The molecule has 19 heavy (non-hydrogen) atoms. The summed E-state index contributed by atoms with van der Waals surface area (Å²) in [6, 6.07) is 5.87. The van der Waals surface area contributed by atoms with Crippen LogP contribution < -0.4 is 5.73 Å². The summed E-state index contributed by atoms with van der Waals surface area (Å²) in [4.78, 5) is 2.54. The van der Waals surface area contributed by atoms with Crippen LogP contribution in [-0.4, -0.2) is 17.5 Å². The number of nitrogen functional groups attached to an aromatic ring is 1. The third-order valence-corrected chi connectivity index (χ3v) is 4.87. The van der Waals surface area contributed by atoms with Crippen LogP contribution in [0.25, 0.3) is 0 Å². The second kappa shape index (κ2) is 5.49. The van der Waals surface area contributed by atoms with Crippen LogP contribution in [0.4, 0.5) is 10.1 Å². The summed E-state index contributed by atoms with van der Waals surface area (Å²) in [7, 11) is 0. The first-order valence-corrected chi connectivity index (χ1v) is 7.52. The topological polar surface area (TPSA) is 29.3 Å². The van der Waals surface area contributed by atoms with Gasteiger partial charge >= 0.3 is 0 Å². The van der Waals surface area contributed by atoms with Crippen LogP contribution >= 0.6 is 0 Å². The van der Waals surface area contributed by atoms with E-state index in [2.05, 4.69) is 4.90 Å². The summed E-state index contributed by atoms with van der Waals surface area (Å²) in [5, 5.41) is 0. The van der Waals surface area contributed by atoms with E-state index in [9.17, 15) is 4.39 Å². The SMILES string of the molecule is Nc1c(F)cccc1CN1CCCC2CCCCC21. The van der Waals surface area contributed by atoms with Crippen molar-refractivity contribution in [1.82, 2.24) is 4.90 Å². The number of anilines is 1. The second-order valence-electron chi connectivity index (χ2n) is 6.04. The van der Waals surface area contributed by atoms with E-state index in [0.29, 0.717) is 11.7 Å². The summed E-state index contributed by atoms with van der Waals surface area (Å²) < 4.78 is 13.5. The normalized spacial score (nSPS) is 28.1. The number of hydrogen-bond donors (Lipinski definition) is 1. The Balaban J connectivity index is 1.76. The van der Waals surface area contributed by atoms with E-state index in [1.807, 2.05) is 6.07 Å². The van der Waals surface area contributed by atoms with Crippen LogP contribution in [-0.2, 0) is 6.54 Å². The van der Waals surface area contributed by atoms with E-state index in [4.69, 9.17) is 5.73 Å². The van der Waals surface area contributed by atoms with Gasteiger partial charge in [-0.2, -0.15) is 0 Å². The molecule has 104 valence electrons. The van der Waals surface area contributed by atoms with Crippen LogP contribution in [0.1, 0.15) is 44.1 Å². The van der Waals surface area contributed by atoms with Gasteiger partial charge < -0.3 is 5.73 Å². The number of hydrogen-bond acceptors (Lipinski definition) is 2. The Hall–Kier alpha value is -1.09. The van der Waals surface area contributed by atoms with Crippen LogP contribution in [0.15, 0.2) is 18.2 Å². The number of nitrogens with zero attached hydrogens (tertiary/aromatic N) is 1. The molecule has 1 aliphatic heterocycles. The second-order valence-corrected chi connectivity index (χ2v) is 6.04. The zero-order valence-electron chi connectivity index (χ0n) is 11.4. The van der Waals surface area contributed by atoms with Gasteiger partial charge in [0.2, 0.25) is 0 Å². The standard InChI is InChI=1S/C16H23FN2/c17-14-8-3-6-13(16(14)18)11-19-10-4-7-12-5-1-2-9-15(12)19/h3,6,8,12,15H,1-2,4-5,7,9-11,18H2. The highest BCUT2D eigenvalue weighted by atomic mass is 19.1. The Labute approximate surface area is 114 Å². The van der Waals surface area contributed by atoms with Crippen molar-refractivity contribution in [2.75, 3.05) is 12.3 Å². The van der Waals surface area contributed by atoms with Crippen LogP contribution in [0.5, 0.6) is 0 Å². The molecule has 2 fully saturated rings. The first kappa shape index (κ1) is 12.9. The Kier molecular flexibility index (Phi) is 3.74. The minimum Gasteiger partial charge on any atom is -0.396 e. The van der Waals surface area contributed by atoms with Crippen molar-refractivity contribution < 1.29 is 4.39 Å². The third kappa shape index (κ3) is 2.62. The van der Waals surface area contributed by atoms with Crippen molar-refractivity contribution in [1.29, 1.82) is 0 Å². The fourth-order valence-corrected chi connectivity index (χ4v) is 3.86. The molecule has 0 spiro atoms. The van der Waals surface area contributed by atoms with Crippen LogP contribution in [0.2, 0.25) is 0 Å². The Morgan fingerprint density at radius 3 is 2.84 bits per heavy atom. The molecule has 0 aromatic heterocycles. The average molecular weight is 262 g/mol. The fourth-order valence-electron chi connectivity index (χ4n) is 3.86. The van der Waals surface area contributed by atoms with Crippen LogP contribution in [0.3, 0.4) is 0 Å². The quantitative estimate of drug-likeness (QED) is 0.826. The van der Waals surface area contributed by atoms with E-state index < -0.39 is 0 Å². The lowest BCUT2D eigenvalue weighted by Gasteiger charge is -2.44. The zero-order valence-corrected chi connectivity index (χ0v) is 11.4. The lowest BCUT2D eigenvalue weighted by atomic mass is 9.78. The van der Waals surface area contributed by atoms with Gasteiger partial charge in [-0.15, -0.1) is 0 Å². The minimum absolute atomic E-state index is 0.283. The van der Waals surface area contributed by atoms with Gasteiger partial charge in [0.1, 0.15) is 5.82 Å². The summed E-state index contributed by atoms with van der Waals surface area (Å²) in [5.74, 6) is 0.576. The summed E-state index contributed by atoms with van der Waals surface area (Å²) in [6.45, 7) is 1.95. The monoisotopic (exact) mass is 262 g/mol. The molecule has 1 aromatic rings. The average Bonchev–Trinajstić information content (AvgIpc) is 2.44. The Bertz CT molecular complexity index is 444. The molecule has 3 heteroatoms. The highest BCUT2D eigenvalue weighted by Gasteiger charge is 2.33. The van der Waals surface area contributed by atoms with Crippen molar-refractivity contribution >= 4 is 5.69 Å². The van der Waals surface area contributed by atoms with Gasteiger partial charge in [0.15, 0.2) is 0 Å². The molecule has 0 radical (unpaired) electrons. The largest absolute Gasteiger partial charge is 0.396 e. The zero-order chi connectivity index (χ0) is 13.2. The number of para-hydroxylation sites is 1. The van der Waals surface area contributed by atoms with Gasteiger partial charge in [-0.3, -0.25) is 4.90 Å². The smallest absolute Gasteiger partial charge is 0.146 e. The molecule has 1 saturated carbocycles. The number of nitrogens with two attached hydrogens (primary N) is 1. The maximum atomic E-state index is 13.5. The summed E-state index contributed by atoms with van der Waals surface area (Å²) >= 11 is 0. The molecule has 0 bridgehead atoms. The molecular weight excluding hydrogens is 239 g/mol. The molecule has 1 saturated heterocycles. The number of halogens is 1. The molecular formula is C16H23FN2. The molecule has 2 atom stereocenters. The van der Waals surface area contributed by atoms with Crippen molar-refractivity contribution in [3.63, 3.8) is 0 Å². The van der Waals surface area contributed by atoms with E-state index in [1.54, 1.807) is 6.07 Å². The number of fused-ring (bicyclic) bond motifs is 1. The Morgan fingerprint density at radius 1 is 1.16 bits per heavy atom. The van der Waals surface area contributed by atoms with Gasteiger partial charge in [0, 0.05) is 12.6 Å². The van der Waals surface area contributed by atoms with E-state index in [1.165, 1.54) is 44.6 Å². The number of piperidine rings is 1. The Morgan fingerprint density at radius 2 is 1.95 bits per heavy atom. The van der Waals surface area contributed by atoms with Gasteiger partial charge in [-0.05, 0) is 49.8 Å². The van der Waals surface area contributed by atoms with Crippen molar-refractivity contribution in [3.05, 3.63) is 29.6 Å². The molecule has 0 amide bonds. The molecule has 2 N–H and O–H groups in total. The van der Waals surface area contributed by atoms with E-state index >= 15 is 0 Å². The number of likely N-dealkylation sites (tertiary alicyclic amines) is 1. The van der Waals surface area contributed by atoms with Gasteiger partial charge in [0.05, 0.1) is 5.69 Å². The summed E-state index contributed by atoms with van der Waals surface area (Å²) in [6.07, 6.45) is 8.06. The predicted molar refractivity (Wildman–Crippen MR) is 76.2 cm³/mol.